The van der Waals surface area contributed by atoms with Gasteiger partial charge in [-0.3, -0.25) is 9.59 Å². The smallest absolute Gasteiger partial charge is 0.267 e. The molecule has 2 aromatic heterocycles. The number of aromatic nitrogens is 3. The number of carbonyl (C=O) groups is 1. The molecule has 0 saturated heterocycles. The van der Waals surface area contributed by atoms with Gasteiger partial charge in [0.2, 0.25) is 5.91 Å². The fourth-order valence-corrected chi connectivity index (χ4v) is 3.82. The second kappa shape index (κ2) is 8.51. The maximum Gasteiger partial charge on any atom is 0.267 e. The second-order valence-electron chi connectivity index (χ2n) is 6.95. The molecule has 2 heterocycles. The molecule has 150 valence electrons. The summed E-state index contributed by atoms with van der Waals surface area (Å²) in [5.74, 6) is 0.430. The number of para-hydroxylation sites is 1. The van der Waals surface area contributed by atoms with Crippen molar-refractivity contribution >= 4 is 34.3 Å². The highest BCUT2D eigenvalue weighted by atomic mass is 32.2. The van der Waals surface area contributed by atoms with Gasteiger partial charge < -0.3 is 5.32 Å². The number of anilines is 1. The molecule has 0 aliphatic rings. The lowest BCUT2D eigenvalue weighted by Gasteiger charge is -2.13. The van der Waals surface area contributed by atoms with E-state index in [1.807, 2.05) is 56.3 Å². The monoisotopic (exact) mass is 416 g/mol. The van der Waals surface area contributed by atoms with Gasteiger partial charge in [-0.1, -0.05) is 41.6 Å². The fourth-order valence-electron chi connectivity index (χ4n) is 3.02. The van der Waals surface area contributed by atoms with E-state index in [-0.39, 0.29) is 17.2 Å². The molecule has 0 saturated carbocycles. The lowest BCUT2D eigenvalue weighted by atomic mass is 10.2. The van der Waals surface area contributed by atoms with E-state index in [2.05, 4.69) is 15.3 Å². The highest BCUT2D eigenvalue weighted by Crippen LogP contribution is 2.21. The summed E-state index contributed by atoms with van der Waals surface area (Å²) in [6.07, 6.45) is 1.66. The third-order valence-corrected chi connectivity index (χ3v) is 5.48. The predicted molar refractivity (Wildman–Crippen MR) is 120 cm³/mol. The Hall–Kier alpha value is -3.45. The van der Waals surface area contributed by atoms with Crippen LogP contribution >= 0.6 is 11.8 Å². The van der Waals surface area contributed by atoms with Crippen molar-refractivity contribution in [1.29, 1.82) is 0 Å². The average molecular weight is 417 g/mol. The molecule has 0 radical (unpaired) electrons. The second-order valence-corrected chi connectivity index (χ2v) is 7.89. The van der Waals surface area contributed by atoms with E-state index in [9.17, 15) is 9.59 Å². The Labute approximate surface area is 178 Å². The van der Waals surface area contributed by atoms with Crippen LogP contribution in [0, 0.1) is 13.8 Å². The van der Waals surface area contributed by atoms with Gasteiger partial charge in [0.15, 0.2) is 5.16 Å². The molecule has 7 heteroatoms. The zero-order valence-corrected chi connectivity index (χ0v) is 17.4. The highest BCUT2D eigenvalue weighted by molar-refractivity contribution is 7.99. The molecule has 4 rings (SSSR count). The molecule has 0 atom stereocenters. The number of aryl methyl sites for hydroxylation is 2. The van der Waals surface area contributed by atoms with Gasteiger partial charge in [-0.2, -0.15) is 0 Å². The number of thioether (sulfide) groups is 1. The molecule has 2 aromatic carbocycles. The summed E-state index contributed by atoms with van der Waals surface area (Å²) in [6, 6.07) is 18.5. The molecule has 0 fully saturated rings. The van der Waals surface area contributed by atoms with Crippen LogP contribution in [0.5, 0.6) is 0 Å². The van der Waals surface area contributed by atoms with E-state index in [0.29, 0.717) is 21.9 Å². The van der Waals surface area contributed by atoms with E-state index >= 15 is 0 Å². The van der Waals surface area contributed by atoms with Crippen LogP contribution in [0.25, 0.3) is 16.7 Å². The van der Waals surface area contributed by atoms with Gasteiger partial charge in [-0.15, -0.1) is 0 Å². The highest BCUT2D eigenvalue weighted by Gasteiger charge is 2.15. The van der Waals surface area contributed by atoms with Crippen LogP contribution in [-0.4, -0.2) is 26.2 Å². The molecular formula is C23H20N4O2S. The lowest BCUT2D eigenvalue weighted by molar-refractivity contribution is -0.113. The minimum absolute atomic E-state index is 0.116. The summed E-state index contributed by atoms with van der Waals surface area (Å²) in [7, 11) is 0. The SMILES string of the molecule is Cc1ccc(NC(=O)CSc2nc3ccccc3c(=O)n2-c2cc(C)ccn2)cc1. The molecule has 0 unspecified atom stereocenters. The minimum Gasteiger partial charge on any atom is -0.325 e. The van der Waals surface area contributed by atoms with Crippen LogP contribution in [0.3, 0.4) is 0 Å². The van der Waals surface area contributed by atoms with Gasteiger partial charge in [-0.25, -0.2) is 14.5 Å². The Balaban J connectivity index is 1.67. The summed E-state index contributed by atoms with van der Waals surface area (Å²) in [5.41, 5.74) is 3.22. The Morgan fingerprint density at radius 2 is 1.80 bits per heavy atom. The summed E-state index contributed by atoms with van der Waals surface area (Å²) in [4.78, 5) is 34.6. The molecule has 30 heavy (non-hydrogen) atoms. The average Bonchev–Trinajstić information content (AvgIpc) is 2.74. The van der Waals surface area contributed by atoms with E-state index in [1.165, 1.54) is 16.3 Å². The Kier molecular flexibility index (Phi) is 5.63. The van der Waals surface area contributed by atoms with Gasteiger partial charge in [0, 0.05) is 11.9 Å². The molecule has 0 spiro atoms. The van der Waals surface area contributed by atoms with Crippen molar-refractivity contribution < 1.29 is 4.79 Å². The zero-order chi connectivity index (χ0) is 21.1. The van der Waals surface area contributed by atoms with Crippen molar-refractivity contribution in [2.75, 3.05) is 11.1 Å². The number of amides is 1. The van der Waals surface area contributed by atoms with Crippen LogP contribution < -0.4 is 10.9 Å². The van der Waals surface area contributed by atoms with Crippen molar-refractivity contribution in [3.63, 3.8) is 0 Å². The van der Waals surface area contributed by atoms with Crippen molar-refractivity contribution in [2.24, 2.45) is 0 Å². The van der Waals surface area contributed by atoms with Crippen LogP contribution in [-0.2, 0) is 4.79 Å². The van der Waals surface area contributed by atoms with Gasteiger partial charge in [0.1, 0.15) is 5.82 Å². The number of rotatable bonds is 5. The van der Waals surface area contributed by atoms with Crippen molar-refractivity contribution in [1.82, 2.24) is 14.5 Å². The molecule has 0 aliphatic carbocycles. The van der Waals surface area contributed by atoms with Crippen LogP contribution in [0.2, 0.25) is 0 Å². The normalized spacial score (nSPS) is 10.9. The first-order valence-corrected chi connectivity index (χ1v) is 10.4. The number of hydrogen-bond acceptors (Lipinski definition) is 5. The first-order chi connectivity index (χ1) is 14.5. The number of pyridine rings is 1. The summed E-state index contributed by atoms with van der Waals surface area (Å²) in [5, 5.41) is 3.80. The molecule has 6 nitrogen and oxygen atoms in total. The molecule has 4 aromatic rings. The van der Waals surface area contributed by atoms with Crippen molar-refractivity contribution in [3.8, 4) is 5.82 Å². The number of nitrogens with one attached hydrogen (secondary N) is 1. The first-order valence-electron chi connectivity index (χ1n) is 9.45. The van der Waals surface area contributed by atoms with Gasteiger partial charge >= 0.3 is 0 Å². The summed E-state index contributed by atoms with van der Waals surface area (Å²) >= 11 is 1.21. The molecule has 0 bridgehead atoms. The Bertz CT molecular complexity index is 1280. The number of hydrogen-bond donors (Lipinski definition) is 1. The molecular weight excluding hydrogens is 396 g/mol. The van der Waals surface area contributed by atoms with Gasteiger partial charge in [0.05, 0.1) is 16.7 Å². The van der Waals surface area contributed by atoms with Crippen LogP contribution in [0.1, 0.15) is 11.1 Å². The quantitative estimate of drug-likeness (QED) is 0.391. The van der Waals surface area contributed by atoms with Gasteiger partial charge in [-0.05, 0) is 55.8 Å². The Morgan fingerprint density at radius 3 is 2.57 bits per heavy atom. The summed E-state index contributed by atoms with van der Waals surface area (Å²) in [6.45, 7) is 3.93. The molecule has 1 amide bonds. The molecule has 0 aliphatic heterocycles. The van der Waals surface area contributed by atoms with E-state index in [0.717, 1.165) is 16.8 Å². The topological polar surface area (TPSA) is 76.9 Å². The number of nitrogens with zero attached hydrogens (tertiary/aromatic N) is 3. The maximum atomic E-state index is 13.2. The first kappa shape index (κ1) is 19.8. The minimum atomic E-state index is -0.208. The largest absolute Gasteiger partial charge is 0.325 e. The number of carbonyl (C=O) groups excluding carboxylic acids is 1. The third kappa shape index (κ3) is 4.26. The summed E-state index contributed by atoms with van der Waals surface area (Å²) < 4.78 is 1.47. The number of benzene rings is 2. The van der Waals surface area contributed by atoms with E-state index in [4.69, 9.17) is 0 Å². The van der Waals surface area contributed by atoms with Crippen LogP contribution in [0.4, 0.5) is 5.69 Å². The third-order valence-electron chi connectivity index (χ3n) is 4.54. The van der Waals surface area contributed by atoms with Crippen molar-refractivity contribution in [3.05, 3.63) is 88.3 Å². The predicted octanol–water partition coefficient (Wildman–Crippen LogP) is 4.13. The van der Waals surface area contributed by atoms with E-state index < -0.39 is 0 Å². The van der Waals surface area contributed by atoms with Crippen molar-refractivity contribution in [2.45, 2.75) is 19.0 Å². The van der Waals surface area contributed by atoms with E-state index in [1.54, 1.807) is 24.4 Å². The van der Waals surface area contributed by atoms with Crippen LogP contribution in [0.15, 0.2) is 76.8 Å². The van der Waals surface area contributed by atoms with Gasteiger partial charge in [0.25, 0.3) is 5.56 Å². The standard InChI is InChI=1S/C23H20N4O2S/c1-15-7-9-17(10-8-15)25-21(28)14-30-23-26-19-6-4-3-5-18(19)22(29)27(23)20-13-16(2)11-12-24-20/h3-13H,14H2,1-2H3,(H,25,28). The Morgan fingerprint density at radius 1 is 1.03 bits per heavy atom. The lowest BCUT2D eigenvalue weighted by Crippen LogP contribution is -2.23. The maximum absolute atomic E-state index is 13.2. The number of fused-ring (bicyclic) bond motifs is 1. The fraction of sp³-hybridized carbons (Fsp3) is 0.130. The molecule has 1 N–H and O–H groups in total. The zero-order valence-electron chi connectivity index (χ0n) is 16.6.